The molecular weight excluding hydrogens is 291 g/mol. The lowest BCUT2D eigenvalue weighted by Gasteiger charge is -2.64. The minimum absolute atomic E-state index is 0.0165. The van der Waals surface area contributed by atoms with Crippen LogP contribution in [0.4, 0.5) is 0 Å². The van der Waals surface area contributed by atoms with Gasteiger partial charge in [-0.05, 0) is 49.8 Å². The van der Waals surface area contributed by atoms with E-state index in [2.05, 4.69) is 36.7 Å². The number of hydrogen-bond acceptors (Lipinski definition) is 2. The zero-order valence-electron chi connectivity index (χ0n) is 11.7. The molecule has 4 fully saturated rings. The second kappa shape index (κ2) is 4.49. The van der Waals surface area contributed by atoms with Crippen LogP contribution in [0.2, 0.25) is 6.32 Å². The van der Waals surface area contributed by atoms with Crippen LogP contribution in [0, 0.1) is 17.3 Å². The van der Waals surface area contributed by atoms with Gasteiger partial charge in [0.25, 0.3) is 0 Å². The molecule has 0 aromatic rings. The lowest BCUT2D eigenvalue weighted by molar-refractivity contribution is -0.199. The zero-order valence-corrected chi connectivity index (χ0v) is 13.3. The van der Waals surface area contributed by atoms with E-state index in [1.165, 1.54) is 25.7 Å². The van der Waals surface area contributed by atoms with E-state index in [1.807, 2.05) is 0 Å². The highest BCUT2D eigenvalue weighted by atomic mass is 79.9. The quantitative estimate of drug-likeness (QED) is 0.445. The molecule has 4 aliphatic rings. The highest BCUT2D eigenvalue weighted by Gasteiger charge is 2.67. The summed E-state index contributed by atoms with van der Waals surface area (Å²) in [5.74, 6) is 1.54. The van der Waals surface area contributed by atoms with E-state index in [-0.39, 0.29) is 12.7 Å². The monoisotopic (exact) mass is 314 g/mol. The van der Waals surface area contributed by atoms with E-state index >= 15 is 0 Å². The van der Waals surface area contributed by atoms with Crippen molar-refractivity contribution in [1.29, 1.82) is 0 Å². The van der Waals surface area contributed by atoms with Crippen LogP contribution < -0.4 is 0 Å². The SMILES string of the molecule is CC1(C)C2CC3OB(CCCCBr)OC3(C)C1C2. The lowest BCUT2D eigenvalue weighted by atomic mass is 9.43. The Hall–Kier alpha value is 0.465. The molecule has 0 radical (unpaired) electrons. The van der Waals surface area contributed by atoms with Gasteiger partial charge in [0.15, 0.2) is 0 Å². The van der Waals surface area contributed by atoms with Crippen LogP contribution in [0.3, 0.4) is 0 Å². The summed E-state index contributed by atoms with van der Waals surface area (Å²) in [5, 5.41) is 1.08. The average Bonchev–Trinajstić information content (AvgIpc) is 2.64. The molecule has 3 saturated carbocycles. The summed E-state index contributed by atoms with van der Waals surface area (Å²) >= 11 is 3.48. The first kappa shape index (κ1) is 13.4. The maximum absolute atomic E-state index is 6.35. The first-order valence-electron chi connectivity index (χ1n) is 7.37. The van der Waals surface area contributed by atoms with Crippen molar-refractivity contribution in [2.45, 2.75) is 64.5 Å². The summed E-state index contributed by atoms with van der Waals surface area (Å²) in [6, 6.07) is 0. The largest absolute Gasteiger partial charge is 0.457 e. The summed E-state index contributed by atoms with van der Waals surface area (Å²) in [5.41, 5.74) is 0.441. The Morgan fingerprint density at radius 1 is 1.22 bits per heavy atom. The summed E-state index contributed by atoms with van der Waals surface area (Å²) in [6.45, 7) is 7.12. The standard InChI is InChI=1S/C14H24BBrO2/c1-13(2)10-8-11(13)14(3)12(9-10)17-15(18-14)6-4-5-7-16/h10-12H,4-9H2,1-3H3. The predicted molar refractivity (Wildman–Crippen MR) is 77.9 cm³/mol. The molecule has 1 saturated heterocycles. The third kappa shape index (κ3) is 1.82. The first-order valence-corrected chi connectivity index (χ1v) is 8.50. The molecule has 18 heavy (non-hydrogen) atoms. The molecule has 3 aliphatic carbocycles. The highest BCUT2D eigenvalue weighted by Crippen LogP contribution is 2.65. The van der Waals surface area contributed by atoms with E-state index in [4.69, 9.17) is 9.31 Å². The van der Waals surface area contributed by atoms with Crippen LogP contribution in [-0.2, 0) is 9.31 Å². The summed E-state index contributed by atoms with van der Waals surface area (Å²) in [4.78, 5) is 0. The summed E-state index contributed by atoms with van der Waals surface area (Å²) < 4.78 is 12.5. The van der Waals surface area contributed by atoms with E-state index in [1.54, 1.807) is 0 Å². The molecule has 4 heteroatoms. The van der Waals surface area contributed by atoms with Crippen molar-refractivity contribution in [3.8, 4) is 0 Å². The Morgan fingerprint density at radius 3 is 2.67 bits per heavy atom. The zero-order chi connectivity index (χ0) is 13.0. The van der Waals surface area contributed by atoms with Gasteiger partial charge in [-0.1, -0.05) is 36.2 Å². The van der Waals surface area contributed by atoms with Crippen LogP contribution in [-0.4, -0.2) is 24.2 Å². The van der Waals surface area contributed by atoms with E-state index in [0.717, 1.165) is 17.6 Å². The first-order chi connectivity index (χ1) is 8.48. The normalized spacial score (nSPS) is 44.7. The molecule has 1 heterocycles. The molecule has 4 rings (SSSR count). The Labute approximate surface area is 119 Å². The number of rotatable bonds is 4. The molecule has 2 bridgehead atoms. The number of unbranched alkanes of at least 4 members (excludes halogenated alkanes) is 1. The Morgan fingerprint density at radius 2 is 2.00 bits per heavy atom. The van der Waals surface area contributed by atoms with Crippen LogP contribution in [0.15, 0.2) is 0 Å². The molecule has 0 aromatic carbocycles. The summed E-state index contributed by atoms with van der Waals surface area (Å²) in [7, 11) is 0.0502. The molecule has 2 nitrogen and oxygen atoms in total. The predicted octanol–water partition coefficient (Wildman–Crippen LogP) is 3.89. The van der Waals surface area contributed by atoms with Crippen molar-refractivity contribution in [1.82, 2.24) is 0 Å². The topological polar surface area (TPSA) is 18.5 Å². The van der Waals surface area contributed by atoms with Crippen molar-refractivity contribution in [3.05, 3.63) is 0 Å². The van der Waals surface area contributed by atoms with Crippen molar-refractivity contribution < 1.29 is 9.31 Å². The van der Waals surface area contributed by atoms with Crippen molar-refractivity contribution >= 4 is 23.0 Å². The lowest BCUT2D eigenvalue weighted by Crippen LogP contribution is -2.65. The van der Waals surface area contributed by atoms with Gasteiger partial charge < -0.3 is 9.31 Å². The van der Waals surface area contributed by atoms with Gasteiger partial charge in [0, 0.05) is 5.33 Å². The fourth-order valence-corrected chi connectivity index (χ4v) is 4.88. The molecule has 0 spiro atoms. The van der Waals surface area contributed by atoms with Crippen molar-refractivity contribution in [2.24, 2.45) is 17.3 Å². The van der Waals surface area contributed by atoms with Gasteiger partial charge in [-0.25, -0.2) is 0 Å². The third-order valence-electron chi connectivity index (χ3n) is 5.83. The molecule has 0 aromatic heterocycles. The number of hydrogen-bond donors (Lipinski definition) is 0. The van der Waals surface area contributed by atoms with Gasteiger partial charge in [-0.3, -0.25) is 0 Å². The van der Waals surface area contributed by atoms with Gasteiger partial charge in [-0.15, -0.1) is 0 Å². The average molecular weight is 315 g/mol. The Kier molecular flexibility index (Phi) is 3.36. The molecule has 4 unspecified atom stereocenters. The molecule has 0 N–H and O–H groups in total. The molecular formula is C14H24BBrO2. The maximum Gasteiger partial charge on any atom is 0.457 e. The van der Waals surface area contributed by atoms with Gasteiger partial charge in [0.05, 0.1) is 11.7 Å². The molecule has 4 atom stereocenters. The number of alkyl halides is 1. The van der Waals surface area contributed by atoms with Crippen LogP contribution in [0.1, 0.15) is 46.5 Å². The second-order valence-corrected chi connectivity index (χ2v) is 7.88. The number of halogens is 1. The smallest absolute Gasteiger partial charge is 0.405 e. The fraction of sp³-hybridized carbons (Fsp3) is 1.00. The van der Waals surface area contributed by atoms with E-state index < -0.39 is 0 Å². The minimum atomic E-state index is -0.0165. The van der Waals surface area contributed by atoms with Crippen LogP contribution in [0.5, 0.6) is 0 Å². The van der Waals surface area contributed by atoms with Gasteiger partial charge in [0.1, 0.15) is 0 Å². The maximum atomic E-state index is 6.35. The van der Waals surface area contributed by atoms with Crippen LogP contribution >= 0.6 is 15.9 Å². The Balaban J connectivity index is 1.65. The van der Waals surface area contributed by atoms with Gasteiger partial charge >= 0.3 is 7.12 Å². The molecule has 102 valence electrons. The third-order valence-corrected chi connectivity index (χ3v) is 6.39. The second-order valence-electron chi connectivity index (χ2n) is 7.08. The van der Waals surface area contributed by atoms with Gasteiger partial charge in [0.2, 0.25) is 0 Å². The summed E-state index contributed by atoms with van der Waals surface area (Å²) in [6.07, 6.45) is 6.35. The van der Waals surface area contributed by atoms with E-state index in [9.17, 15) is 0 Å². The van der Waals surface area contributed by atoms with Crippen molar-refractivity contribution in [3.63, 3.8) is 0 Å². The van der Waals surface area contributed by atoms with Crippen molar-refractivity contribution in [2.75, 3.05) is 5.33 Å². The fourth-order valence-electron chi connectivity index (χ4n) is 4.48. The Bertz CT molecular complexity index is 336. The minimum Gasteiger partial charge on any atom is -0.405 e. The van der Waals surface area contributed by atoms with Crippen LogP contribution in [0.25, 0.3) is 0 Å². The van der Waals surface area contributed by atoms with Gasteiger partial charge in [-0.2, -0.15) is 0 Å². The molecule has 1 aliphatic heterocycles. The molecule has 0 amide bonds. The van der Waals surface area contributed by atoms with E-state index in [0.29, 0.717) is 17.4 Å². The highest BCUT2D eigenvalue weighted by molar-refractivity contribution is 9.09.